The van der Waals surface area contributed by atoms with Crippen molar-refractivity contribution in [3.8, 4) is 5.75 Å². The molecule has 0 saturated heterocycles. The summed E-state index contributed by atoms with van der Waals surface area (Å²) in [5, 5.41) is 7.64. The summed E-state index contributed by atoms with van der Waals surface area (Å²) in [6, 6.07) is 19.3. The van der Waals surface area contributed by atoms with E-state index in [9.17, 15) is 4.79 Å². The van der Waals surface area contributed by atoms with Gasteiger partial charge in [-0.05, 0) is 29.7 Å². The third-order valence-corrected chi connectivity index (χ3v) is 6.04. The summed E-state index contributed by atoms with van der Waals surface area (Å²) in [5.74, 6) is 0.411. The first-order valence-corrected chi connectivity index (χ1v) is 10.7. The lowest BCUT2D eigenvalue weighted by atomic mass is 10.1. The number of amides is 1. The van der Waals surface area contributed by atoms with E-state index in [-0.39, 0.29) is 5.91 Å². The fraction of sp³-hybridized carbons (Fsp3) is 0.0455. The van der Waals surface area contributed by atoms with Gasteiger partial charge in [-0.3, -0.25) is 10.1 Å². The zero-order valence-corrected chi connectivity index (χ0v) is 16.8. The van der Waals surface area contributed by atoms with Crippen LogP contribution < -0.4 is 10.1 Å². The van der Waals surface area contributed by atoms with Crippen LogP contribution in [0.3, 0.4) is 0 Å². The van der Waals surface area contributed by atoms with Gasteiger partial charge in [0, 0.05) is 16.3 Å². The van der Waals surface area contributed by atoms with Crippen molar-refractivity contribution >= 4 is 54.7 Å². The van der Waals surface area contributed by atoms with E-state index in [0.717, 1.165) is 26.7 Å². The summed E-state index contributed by atoms with van der Waals surface area (Å²) < 4.78 is 6.78. The van der Waals surface area contributed by atoms with E-state index in [1.165, 1.54) is 22.7 Å². The molecule has 142 valence electrons. The topological polar surface area (TPSA) is 64.1 Å². The summed E-state index contributed by atoms with van der Waals surface area (Å²) in [5.41, 5.74) is 4.06. The van der Waals surface area contributed by atoms with Crippen LogP contribution in [0.1, 0.15) is 16.1 Å². The number of anilines is 1. The van der Waals surface area contributed by atoms with Crippen LogP contribution >= 0.6 is 22.7 Å². The van der Waals surface area contributed by atoms with Crippen molar-refractivity contribution in [1.29, 1.82) is 0 Å². The van der Waals surface area contributed by atoms with Gasteiger partial charge in [0.05, 0.1) is 21.4 Å². The molecule has 2 heterocycles. The number of nitrogens with zero attached hydrogens (tertiary/aromatic N) is 2. The first-order valence-electron chi connectivity index (χ1n) is 8.96. The maximum atomic E-state index is 12.7. The molecule has 1 N–H and O–H groups in total. The molecule has 5 rings (SSSR count). The Hall–Kier alpha value is -3.29. The van der Waals surface area contributed by atoms with Crippen molar-refractivity contribution in [3.05, 3.63) is 82.8 Å². The Kier molecular flexibility index (Phi) is 4.67. The Balaban J connectivity index is 1.36. The zero-order valence-electron chi connectivity index (χ0n) is 15.2. The van der Waals surface area contributed by atoms with Gasteiger partial charge in [0.1, 0.15) is 12.4 Å². The smallest absolute Gasteiger partial charge is 0.257 e. The molecule has 5 aromatic rings. The molecule has 0 aliphatic heterocycles. The average Bonchev–Trinajstić information content (AvgIpc) is 3.42. The molecule has 0 radical (unpaired) electrons. The van der Waals surface area contributed by atoms with E-state index in [1.807, 2.05) is 35.7 Å². The summed E-state index contributed by atoms with van der Waals surface area (Å²) in [7, 11) is 0. The zero-order chi connectivity index (χ0) is 19.6. The van der Waals surface area contributed by atoms with Gasteiger partial charge in [0.15, 0.2) is 5.13 Å². The van der Waals surface area contributed by atoms with E-state index in [0.29, 0.717) is 23.1 Å². The molecule has 0 unspecified atom stereocenters. The number of ether oxygens (including phenoxy) is 1. The van der Waals surface area contributed by atoms with Crippen molar-refractivity contribution in [2.24, 2.45) is 0 Å². The van der Waals surface area contributed by atoms with Crippen molar-refractivity contribution < 1.29 is 9.53 Å². The Labute approximate surface area is 174 Å². The molecule has 29 heavy (non-hydrogen) atoms. The lowest BCUT2D eigenvalue weighted by Gasteiger charge is -2.06. The molecule has 0 bridgehead atoms. The highest BCUT2D eigenvalue weighted by Gasteiger charge is 2.12. The number of carbonyl (C=O) groups is 1. The number of hydrogen-bond acceptors (Lipinski definition) is 6. The molecule has 0 fully saturated rings. The third-order valence-electron chi connectivity index (χ3n) is 4.47. The number of hydrogen-bond donors (Lipinski definition) is 1. The highest BCUT2D eigenvalue weighted by Crippen LogP contribution is 2.32. The van der Waals surface area contributed by atoms with Gasteiger partial charge >= 0.3 is 0 Å². The molecule has 7 heteroatoms. The van der Waals surface area contributed by atoms with Crippen LogP contribution in [0.5, 0.6) is 5.75 Å². The predicted octanol–water partition coefficient (Wildman–Crippen LogP) is 5.74. The molecular weight excluding hydrogens is 402 g/mol. The molecule has 0 aliphatic carbocycles. The first kappa shape index (κ1) is 17.8. The molecule has 2 aromatic heterocycles. The van der Waals surface area contributed by atoms with Crippen molar-refractivity contribution in [1.82, 2.24) is 9.97 Å². The van der Waals surface area contributed by atoms with E-state index in [1.54, 1.807) is 23.7 Å². The van der Waals surface area contributed by atoms with Crippen LogP contribution in [0.15, 0.2) is 71.6 Å². The number of fused-ring (bicyclic) bond motifs is 3. The van der Waals surface area contributed by atoms with Crippen LogP contribution in [0.2, 0.25) is 0 Å². The largest absolute Gasteiger partial charge is 0.487 e. The van der Waals surface area contributed by atoms with E-state index >= 15 is 0 Å². The monoisotopic (exact) mass is 417 g/mol. The van der Waals surface area contributed by atoms with E-state index in [4.69, 9.17) is 4.74 Å². The Morgan fingerprint density at radius 2 is 2.00 bits per heavy atom. The minimum Gasteiger partial charge on any atom is -0.487 e. The number of rotatable bonds is 5. The second-order valence-corrected chi connectivity index (χ2v) is 8.15. The van der Waals surface area contributed by atoms with E-state index < -0.39 is 0 Å². The van der Waals surface area contributed by atoms with E-state index in [2.05, 4.69) is 27.4 Å². The van der Waals surface area contributed by atoms with Crippen LogP contribution in [-0.2, 0) is 6.61 Å². The number of aromatic nitrogens is 2. The van der Waals surface area contributed by atoms with Gasteiger partial charge in [-0.25, -0.2) is 9.97 Å². The highest BCUT2D eigenvalue weighted by atomic mass is 32.1. The van der Waals surface area contributed by atoms with Crippen LogP contribution in [0.4, 0.5) is 5.13 Å². The fourth-order valence-corrected chi connectivity index (χ4v) is 4.50. The molecule has 0 spiro atoms. The Bertz CT molecular complexity index is 1310. The fourth-order valence-electron chi connectivity index (χ4n) is 3.08. The maximum absolute atomic E-state index is 12.7. The summed E-state index contributed by atoms with van der Waals surface area (Å²) in [6.07, 6.45) is 0. The molecule has 0 atom stereocenters. The number of thiazole rings is 2. The molecule has 0 aliphatic rings. The van der Waals surface area contributed by atoms with Crippen LogP contribution in [0, 0.1) is 0 Å². The van der Waals surface area contributed by atoms with Gasteiger partial charge in [-0.2, -0.15) is 0 Å². The van der Waals surface area contributed by atoms with Crippen molar-refractivity contribution in [2.75, 3.05) is 5.32 Å². The first-order chi connectivity index (χ1) is 14.3. The van der Waals surface area contributed by atoms with Gasteiger partial charge in [0.2, 0.25) is 0 Å². The molecular formula is C22H15N3O2S2. The predicted molar refractivity (Wildman–Crippen MR) is 118 cm³/mol. The summed E-state index contributed by atoms with van der Waals surface area (Å²) >= 11 is 2.99. The molecule has 5 nitrogen and oxygen atoms in total. The second-order valence-electron chi connectivity index (χ2n) is 6.40. The van der Waals surface area contributed by atoms with Crippen molar-refractivity contribution in [3.63, 3.8) is 0 Å². The van der Waals surface area contributed by atoms with Gasteiger partial charge in [0.25, 0.3) is 5.91 Å². The van der Waals surface area contributed by atoms with Crippen LogP contribution in [-0.4, -0.2) is 15.9 Å². The summed E-state index contributed by atoms with van der Waals surface area (Å²) in [6.45, 7) is 0.375. The van der Waals surface area contributed by atoms with Crippen LogP contribution in [0.25, 0.3) is 21.0 Å². The van der Waals surface area contributed by atoms with Crippen molar-refractivity contribution in [2.45, 2.75) is 6.61 Å². The minimum absolute atomic E-state index is 0.215. The Morgan fingerprint density at radius 1 is 1.07 bits per heavy atom. The molecule has 0 saturated carbocycles. The maximum Gasteiger partial charge on any atom is 0.257 e. The number of carbonyl (C=O) groups excluding carboxylic acids is 1. The molecule has 3 aromatic carbocycles. The average molecular weight is 418 g/mol. The van der Waals surface area contributed by atoms with Gasteiger partial charge < -0.3 is 4.74 Å². The quantitative estimate of drug-likeness (QED) is 0.396. The normalized spacial score (nSPS) is 11.0. The summed E-state index contributed by atoms with van der Waals surface area (Å²) in [4.78, 5) is 21.6. The second kappa shape index (κ2) is 7.62. The lowest BCUT2D eigenvalue weighted by molar-refractivity contribution is 0.102. The number of benzene rings is 3. The lowest BCUT2D eigenvalue weighted by Crippen LogP contribution is -2.11. The third kappa shape index (κ3) is 3.70. The minimum atomic E-state index is -0.215. The van der Waals surface area contributed by atoms with Gasteiger partial charge in [-0.15, -0.1) is 11.3 Å². The molecule has 1 amide bonds. The highest BCUT2D eigenvalue weighted by molar-refractivity contribution is 7.22. The standard InChI is InChI=1S/C22H15N3O2S2/c26-21(15-5-3-6-17(10-15)27-11-16-12-28-13-23-16)25-22-24-20-18-7-2-1-4-14(18)8-9-19(20)29-22/h1-10,12-13H,11H2,(H,24,25,26). The van der Waals surface area contributed by atoms with Gasteiger partial charge in [-0.1, -0.05) is 47.7 Å². The Morgan fingerprint density at radius 3 is 2.90 bits per heavy atom. The SMILES string of the molecule is O=C(Nc1nc2c(ccc3ccccc32)s1)c1cccc(OCc2cscn2)c1. The number of nitrogens with one attached hydrogen (secondary N) is 1.